The van der Waals surface area contributed by atoms with Crippen molar-refractivity contribution in [3.05, 3.63) is 249 Å². The molecule has 0 spiro atoms. The standard InChI is InChI=1S/C78H66/c1-73(2)58-31-16-13-22-49(58)52-28-19-25-46(67(52)73)43-34-37-61-55(40-43)64-70(76(61,7)8)65-57-42-45(48-27-21-30-54-51-24-15-18-33-60(51)75(5,6)69(48)54)36-39-63(57)78(11,12)72(65)66-56-41-44(35-38-62(56)77(9,10)71(64)66)47-26-20-29-53-50-23-14-17-32-59(50)74(3,4)68(47)53/h13-42H,1-12H3. The fourth-order valence-electron chi connectivity index (χ4n) is 17.5. The molecule has 0 heteroatoms. The maximum atomic E-state index is 2.62. The molecule has 0 atom stereocenters. The first-order valence-corrected chi connectivity index (χ1v) is 28.7. The van der Waals surface area contributed by atoms with E-state index in [1.807, 2.05) is 0 Å². The van der Waals surface area contributed by atoms with E-state index in [0.29, 0.717) is 0 Å². The van der Waals surface area contributed by atoms with Gasteiger partial charge in [-0.25, -0.2) is 0 Å². The molecule has 78 heavy (non-hydrogen) atoms. The van der Waals surface area contributed by atoms with Crippen LogP contribution in [0.2, 0.25) is 0 Å². The van der Waals surface area contributed by atoms with Gasteiger partial charge in [-0.2, -0.15) is 0 Å². The van der Waals surface area contributed by atoms with E-state index in [2.05, 4.69) is 265 Å². The maximum absolute atomic E-state index is 2.62. The zero-order chi connectivity index (χ0) is 53.5. The lowest BCUT2D eigenvalue weighted by Gasteiger charge is -2.31. The summed E-state index contributed by atoms with van der Waals surface area (Å²) in [7, 11) is 0. The van der Waals surface area contributed by atoms with Crippen molar-refractivity contribution < 1.29 is 0 Å². The predicted octanol–water partition coefficient (Wildman–Crippen LogP) is 20.5. The highest BCUT2D eigenvalue weighted by atomic mass is 14.6. The largest absolute Gasteiger partial charge is 0.0619 e. The Hall–Kier alpha value is -7.80. The average molecular weight is 1000 g/mol. The van der Waals surface area contributed by atoms with Crippen molar-refractivity contribution in [2.75, 3.05) is 0 Å². The Bertz CT molecular complexity index is 3950. The third-order valence-corrected chi connectivity index (χ3v) is 20.9. The summed E-state index contributed by atoms with van der Waals surface area (Å²) in [6, 6.07) is 71.1. The van der Waals surface area contributed by atoms with Crippen LogP contribution in [0.1, 0.15) is 150 Å². The Labute approximate surface area is 461 Å². The summed E-state index contributed by atoms with van der Waals surface area (Å²) >= 11 is 0. The van der Waals surface area contributed by atoms with Crippen LogP contribution >= 0.6 is 0 Å². The Morgan fingerprint density at radius 3 is 0.679 bits per heavy atom. The summed E-state index contributed by atoms with van der Waals surface area (Å²) in [5.41, 5.74) is 40.6. The van der Waals surface area contributed by atoms with Crippen molar-refractivity contribution in [1.29, 1.82) is 0 Å². The van der Waals surface area contributed by atoms with Gasteiger partial charge >= 0.3 is 0 Å². The monoisotopic (exact) mass is 1000 g/mol. The van der Waals surface area contributed by atoms with Gasteiger partial charge in [0, 0.05) is 32.5 Å². The highest BCUT2D eigenvalue weighted by molar-refractivity contribution is 6.07. The molecule has 0 amide bonds. The summed E-state index contributed by atoms with van der Waals surface area (Å²) in [6.45, 7) is 29.8. The van der Waals surface area contributed by atoms with E-state index in [1.165, 1.54) is 167 Å². The zero-order valence-electron chi connectivity index (χ0n) is 47.3. The van der Waals surface area contributed by atoms with Gasteiger partial charge < -0.3 is 0 Å². The number of hydrogen-bond donors (Lipinski definition) is 0. The molecule has 6 aliphatic rings. The molecular weight excluding hydrogens is 937 g/mol. The molecule has 0 unspecified atom stereocenters. The Morgan fingerprint density at radius 2 is 0.397 bits per heavy atom. The van der Waals surface area contributed by atoms with E-state index < -0.39 is 0 Å². The Kier molecular flexibility index (Phi) is 8.70. The molecule has 378 valence electrons. The van der Waals surface area contributed by atoms with Crippen molar-refractivity contribution in [2.45, 2.75) is 116 Å². The van der Waals surface area contributed by atoms with Gasteiger partial charge in [0.1, 0.15) is 0 Å². The number of hydrogen-bond acceptors (Lipinski definition) is 0. The first-order valence-electron chi connectivity index (χ1n) is 28.7. The SMILES string of the molecule is CC1(C)c2ccccc2-c2cccc(-c3ccc4c(c3)-c3c(c5c(c6c3C(C)(C)c3ccc(-c7cccc8c7C(C)(C)c7ccccc7-8)cc3-6)C(C)(C)c3ccc(-c6cccc7c6C(C)(C)c6ccccc6-7)cc3-5)C4(C)C)c21. The first-order chi connectivity index (χ1) is 37.3. The third kappa shape index (κ3) is 5.43. The van der Waals surface area contributed by atoms with Crippen molar-refractivity contribution >= 4 is 0 Å². The lowest BCUT2D eigenvalue weighted by Crippen LogP contribution is -2.22. The van der Waals surface area contributed by atoms with Gasteiger partial charge in [-0.1, -0.05) is 247 Å². The van der Waals surface area contributed by atoms with Gasteiger partial charge in [0.2, 0.25) is 0 Å². The van der Waals surface area contributed by atoms with Crippen LogP contribution in [0.25, 0.3) is 100 Å². The van der Waals surface area contributed by atoms with Gasteiger partial charge in [0.05, 0.1) is 0 Å². The smallest absolute Gasteiger partial charge is 0.0165 e. The second-order valence-electron chi connectivity index (χ2n) is 27.1. The quantitative estimate of drug-likeness (QED) is 0.165. The van der Waals surface area contributed by atoms with Gasteiger partial charge in [-0.15, -0.1) is 0 Å². The van der Waals surface area contributed by atoms with E-state index >= 15 is 0 Å². The molecule has 10 aromatic carbocycles. The minimum Gasteiger partial charge on any atom is -0.0619 e. The summed E-state index contributed by atoms with van der Waals surface area (Å²) < 4.78 is 0. The fourth-order valence-corrected chi connectivity index (χ4v) is 17.5. The highest BCUT2D eigenvalue weighted by Gasteiger charge is 2.53. The summed E-state index contributed by atoms with van der Waals surface area (Å²) in [6.07, 6.45) is 0. The van der Waals surface area contributed by atoms with E-state index in [4.69, 9.17) is 0 Å². The van der Waals surface area contributed by atoms with Crippen molar-refractivity contribution in [2.24, 2.45) is 0 Å². The molecule has 16 rings (SSSR count). The molecule has 0 nitrogen and oxygen atoms in total. The van der Waals surface area contributed by atoms with Crippen LogP contribution in [0.5, 0.6) is 0 Å². The highest BCUT2D eigenvalue weighted by Crippen LogP contribution is 2.69. The molecule has 0 saturated heterocycles. The Balaban J connectivity index is 0.983. The molecule has 0 saturated carbocycles. The van der Waals surface area contributed by atoms with Gasteiger partial charge in [-0.3, -0.25) is 0 Å². The number of rotatable bonds is 3. The fraction of sp³-hybridized carbons (Fsp3) is 0.231. The summed E-state index contributed by atoms with van der Waals surface area (Å²) in [5, 5.41) is 0. The number of fused-ring (bicyclic) bond motifs is 21. The van der Waals surface area contributed by atoms with Gasteiger partial charge in [-0.05, 0) is 185 Å². The molecule has 6 aliphatic carbocycles. The van der Waals surface area contributed by atoms with E-state index in [0.717, 1.165) is 0 Å². The van der Waals surface area contributed by atoms with Crippen LogP contribution in [-0.4, -0.2) is 0 Å². The second kappa shape index (κ2) is 14.7. The van der Waals surface area contributed by atoms with Crippen LogP contribution < -0.4 is 0 Å². The zero-order valence-corrected chi connectivity index (χ0v) is 47.3. The first kappa shape index (κ1) is 46.3. The molecule has 10 aromatic rings. The van der Waals surface area contributed by atoms with Crippen molar-refractivity contribution in [3.8, 4) is 100 Å². The third-order valence-electron chi connectivity index (χ3n) is 20.9. The minimum atomic E-state index is -0.289. The second-order valence-corrected chi connectivity index (χ2v) is 27.1. The summed E-state index contributed by atoms with van der Waals surface area (Å²) in [4.78, 5) is 0. The maximum Gasteiger partial charge on any atom is 0.0165 e. The van der Waals surface area contributed by atoms with Gasteiger partial charge in [0.25, 0.3) is 0 Å². The molecular formula is C78H66. The van der Waals surface area contributed by atoms with Crippen LogP contribution in [0, 0.1) is 0 Å². The normalized spacial score (nSPS) is 17.8. The average Bonchev–Trinajstić information content (AvgIpc) is 4.36. The summed E-state index contributed by atoms with van der Waals surface area (Å²) in [5.74, 6) is 0. The minimum absolute atomic E-state index is 0.136. The number of benzene rings is 10. The van der Waals surface area contributed by atoms with E-state index in [1.54, 1.807) is 0 Å². The molecule has 0 aromatic heterocycles. The van der Waals surface area contributed by atoms with Crippen molar-refractivity contribution in [3.63, 3.8) is 0 Å². The molecule has 0 aliphatic heterocycles. The van der Waals surface area contributed by atoms with Crippen molar-refractivity contribution in [1.82, 2.24) is 0 Å². The Morgan fingerprint density at radius 1 is 0.179 bits per heavy atom. The van der Waals surface area contributed by atoms with Crippen LogP contribution in [-0.2, 0) is 32.5 Å². The van der Waals surface area contributed by atoms with Crippen LogP contribution in [0.3, 0.4) is 0 Å². The predicted molar refractivity (Wildman–Crippen MR) is 328 cm³/mol. The molecule has 0 bridgehead atoms. The van der Waals surface area contributed by atoms with Crippen LogP contribution in [0.15, 0.2) is 182 Å². The lowest BCUT2D eigenvalue weighted by atomic mass is 9.71. The lowest BCUT2D eigenvalue weighted by molar-refractivity contribution is 0.635. The van der Waals surface area contributed by atoms with Crippen LogP contribution in [0.4, 0.5) is 0 Å². The molecule has 0 heterocycles. The molecule has 0 radical (unpaired) electrons. The van der Waals surface area contributed by atoms with E-state index in [-0.39, 0.29) is 32.5 Å². The topological polar surface area (TPSA) is 0 Å². The molecule has 0 fully saturated rings. The van der Waals surface area contributed by atoms with E-state index in [9.17, 15) is 0 Å². The molecule has 0 N–H and O–H groups in total. The van der Waals surface area contributed by atoms with Gasteiger partial charge in [0.15, 0.2) is 0 Å².